The van der Waals surface area contributed by atoms with Crippen LogP contribution in [0.4, 0.5) is 5.69 Å². The monoisotopic (exact) mass is 290 g/mol. The lowest BCUT2D eigenvalue weighted by molar-refractivity contribution is -0.120. The molecule has 0 aliphatic rings. The molecule has 0 saturated heterocycles. The smallest absolute Gasteiger partial charge is 0.286 e. The SMILES string of the molecule is CCC(=O)NCc1nnc(C(=O)Nc2ccccc2)s1. The highest BCUT2D eigenvalue weighted by Gasteiger charge is 2.13. The van der Waals surface area contributed by atoms with Crippen molar-refractivity contribution in [1.29, 1.82) is 0 Å². The second kappa shape index (κ2) is 6.76. The molecule has 0 aliphatic carbocycles. The zero-order valence-corrected chi connectivity index (χ0v) is 11.7. The molecule has 1 aromatic carbocycles. The van der Waals surface area contributed by atoms with Crippen molar-refractivity contribution in [3.63, 3.8) is 0 Å². The fourth-order valence-corrected chi connectivity index (χ4v) is 2.10. The summed E-state index contributed by atoms with van der Waals surface area (Å²) in [5, 5.41) is 14.0. The molecule has 0 unspecified atom stereocenters. The summed E-state index contributed by atoms with van der Waals surface area (Å²) in [5.74, 6) is -0.364. The van der Waals surface area contributed by atoms with Gasteiger partial charge >= 0.3 is 0 Å². The largest absolute Gasteiger partial charge is 0.350 e. The second-order valence-electron chi connectivity index (χ2n) is 3.95. The Morgan fingerprint density at radius 3 is 2.65 bits per heavy atom. The van der Waals surface area contributed by atoms with Crippen LogP contribution in [-0.2, 0) is 11.3 Å². The minimum Gasteiger partial charge on any atom is -0.350 e. The van der Waals surface area contributed by atoms with Crippen molar-refractivity contribution in [1.82, 2.24) is 15.5 Å². The van der Waals surface area contributed by atoms with Crippen LogP contribution in [0.5, 0.6) is 0 Å². The van der Waals surface area contributed by atoms with E-state index in [1.165, 1.54) is 0 Å². The fraction of sp³-hybridized carbons (Fsp3) is 0.231. The molecule has 0 aliphatic heterocycles. The summed E-state index contributed by atoms with van der Waals surface area (Å²) < 4.78 is 0. The van der Waals surface area contributed by atoms with E-state index >= 15 is 0 Å². The summed E-state index contributed by atoms with van der Waals surface area (Å²) in [6.07, 6.45) is 0.417. The molecule has 2 rings (SSSR count). The Morgan fingerprint density at radius 1 is 1.20 bits per heavy atom. The molecule has 20 heavy (non-hydrogen) atoms. The second-order valence-corrected chi connectivity index (χ2v) is 5.01. The lowest BCUT2D eigenvalue weighted by Gasteiger charge is -2.01. The van der Waals surface area contributed by atoms with Crippen molar-refractivity contribution < 1.29 is 9.59 Å². The molecule has 2 N–H and O–H groups in total. The number of carbonyl (C=O) groups is 2. The zero-order chi connectivity index (χ0) is 14.4. The van der Waals surface area contributed by atoms with Crippen LogP contribution in [0.25, 0.3) is 0 Å². The highest BCUT2D eigenvalue weighted by atomic mass is 32.1. The van der Waals surface area contributed by atoms with E-state index in [-0.39, 0.29) is 16.8 Å². The summed E-state index contributed by atoms with van der Waals surface area (Å²) >= 11 is 1.16. The van der Waals surface area contributed by atoms with Gasteiger partial charge in [-0.15, -0.1) is 10.2 Å². The third-order valence-electron chi connectivity index (χ3n) is 2.45. The summed E-state index contributed by atoms with van der Waals surface area (Å²) in [6, 6.07) is 9.13. The Balaban J connectivity index is 1.94. The number of rotatable bonds is 5. The molecular weight excluding hydrogens is 276 g/mol. The third-order valence-corrected chi connectivity index (χ3v) is 3.37. The van der Waals surface area contributed by atoms with Crippen molar-refractivity contribution >= 4 is 28.8 Å². The van der Waals surface area contributed by atoms with Gasteiger partial charge in [0.15, 0.2) is 0 Å². The van der Waals surface area contributed by atoms with Gasteiger partial charge in [0.25, 0.3) is 5.91 Å². The number of hydrogen-bond donors (Lipinski definition) is 2. The summed E-state index contributed by atoms with van der Waals surface area (Å²) in [7, 11) is 0. The molecule has 0 spiro atoms. The molecule has 104 valence electrons. The summed E-state index contributed by atoms with van der Waals surface area (Å²) in [5.41, 5.74) is 0.702. The van der Waals surface area contributed by atoms with Crippen molar-refractivity contribution in [2.24, 2.45) is 0 Å². The Morgan fingerprint density at radius 2 is 1.95 bits per heavy atom. The first-order chi connectivity index (χ1) is 9.69. The van der Waals surface area contributed by atoms with Crippen LogP contribution in [0.15, 0.2) is 30.3 Å². The zero-order valence-electron chi connectivity index (χ0n) is 10.9. The molecule has 2 amide bonds. The summed E-state index contributed by atoms with van der Waals surface area (Å²) in [6.45, 7) is 2.07. The minimum atomic E-state index is -0.304. The van der Waals surface area contributed by atoms with E-state index in [4.69, 9.17) is 0 Å². The quantitative estimate of drug-likeness (QED) is 0.879. The Labute approximate surface area is 120 Å². The van der Waals surface area contributed by atoms with Gasteiger partial charge in [-0.3, -0.25) is 9.59 Å². The van der Waals surface area contributed by atoms with Crippen LogP contribution in [0.3, 0.4) is 0 Å². The normalized spacial score (nSPS) is 10.1. The maximum Gasteiger partial charge on any atom is 0.286 e. The molecule has 0 saturated carbocycles. The number of aromatic nitrogens is 2. The van der Waals surface area contributed by atoms with Crippen LogP contribution < -0.4 is 10.6 Å². The van der Waals surface area contributed by atoms with Crippen molar-refractivity contribution in [2.75, 3.05) is 5.32 Å². The number of hydrogen-bond acceptors (Lipinski definition) is 5. The van der Waals surface area contributed by atoms with Crippen LogP contribution in [0.2, 0.25) is 0 Å². The molecule has 6 nitrogen and oxygen atoms in total. The Hall–Kier alpha value is -2.28. The Kier molecular flexibility index (Phi) is 4.78. The van der Waals surface area contributed by atoms with Gasteiger partial charge in [0.2, 0.25) is 10.9 Å². The molecule has 0 bridgehead atoms. The van der Waals surface area contributed by atoms with Gasteiger partial charge < -0.3 is 10.6 Å². The molecule has 7 heteroatoms. The summed E-state index contributed by atoms with van der Waals surface area (Å²) in [4.78, 5) is 23.1. The van der Waals surface area contributed by atoms with Crippen molar-refractivity contribution in [2.45, 2.75) is 19.9 Å². The number of carbonyl (C=O) groups excluding carboxylic acids is 2. The van der Waals surface area contributed by atoms with Gasteiger partial charge in [-0.05, 0) is 12.1 Å². The first kappa shape index (κ1) is 14.1. The fourth-order valence-electron chi connectivity index (χ4n) is 1.42. The third kappa shape index (κ3) is 3.86. The van der Waals surface area contributed by atoms with Crippen LogP contribution in [-0.4, -0.2) is 22.0 Å². The Bertz CT molecular complexity index is 597. The predicted octanol–water partition coefficient (Wildman–Crippen LogP) is 1.82. The average molecular weight is 290 g/mol. The van der Waals surface area contributed by atoms with Gasteiger partial charge in [0.05, 0.1) is 6.54 Å². The van der Waals surface area contributed by atoms with Gasteiger partial charge in [-0.2, -0.15) is 0 Å². The molecule has 0 atom stereocenters. The standard InChI is InChI=1S/C13H14N4O2S/c1-2-10(18)14-8-11-16-17-13(20-11)12(19)15-9-6-4-3-5-7-9/h3-7H,2,8H2,1H3,(H,14,18)(H,15,19). The maximum atomic E-state index is 11.9. The van der Waals surface area contributed by atoms with E-state index in [1.54, 1.807) is 19.1 Å². The minimum absolute atomic E-state index is 0.0597. The molecular formula is C13H14N4O2S. The van der Waals surface area contributed by atoms with Crippen LogP contribution >= 0.6 is 11.3 Å². The van der Waals surface area contributed by atoms with E-state index in [0.29, 0.717) is 23.7 Å². The molecule has 1 heterocycles. The lowest BCUT2D eigenvalue weighted by atomic mass is 10.3. The maximum absolute atomic E-state index is 11.9. The highest BCUT2D eigenvalue weighted by Crippen LogP contribution is 2.13. The molecule has 2 aromatic rings. The number of anilines is 1. The van der Waals surface area contributed by atoms with E-state index < -0.39 is 0 Å². The van der Waals surface area contributed by atoms with Crippen molar-refractivity contribution in [3.8, 4) is 0 Å². The van der Waals surface area contributed by atoms with Crippen LogP contribution in [0.1, 0.15) is 28.2 Å². The number of nitrogens with one attached hydrogen (secondary N) is 2. The number of nitrogens with zero attached hydrogens (tertiary/aromatic N) is 2. The van der Waals surface area contributed by atoms with E-state index in [0.717, 1.165) is 11.3 Å². The number of benzene rings is 1. The number of amides is 2. The van der Waals surface area contributed by atoms with E-state index in [1.807, 2.05) is 18.2 Å². The van der Waals surface area contributed by atoms with Crippen molar-refractivity contribution in [3.05, 3.63) is 40.3 Å². The predicted molar refractivity (Wildman–Crippen MR) is 76.4 cm³/mol. The average Bonchev–Trinajstić information content (AvgIpc) is 2.95. The molecule has 0 radical (unpaired) electrons. The topological polar surface area (TPSA) is 84.0 Å². The van der Waals surface area contributed by atoms with Gasteiger partial charge in [0.1, 0.15) is 5.01 Å². The first-order valence-corrected chi connectivity index (χ1v) is 6.96. The highest BCUT2D eigenvalue weighted by molar-refractivity contribution is 7.13. The van der Waals surface area contributed by atoms with Gasteiger partial charge in [0, 0.05) is 12.1 Å². The van der Waals surface area contributed by atoms with Gasteiger partial charge in [-0.25, -0.2) is 0 Å². The van der Waals surface area contributed by atoms with Crippen LogP contribution in [0, 0.1) is 0 Å². The first-order valence-electron chi connectivity index (χ1n) is 6.14. The molecule has 0 fully saturated rings. The van der Waals surface area contributed by atoms with E-state index in [2.05, 4.69) is 20.8 Å². The number of para-hydroxylation sites is 1. The van der Waals surface area contributed by atoms with E-state index in [9.17, 15) is 9.59 Å². The lowest BCUT2D eigenvalue weighted by Crippen LogP contribution is -2.21. The van der Waals surface area contributed by atoms with Gasteiger partial charge in [-0.1, -0.05) is 36.5 Å². The molecule has 1 aromatic heterocycles.